The summed E-state index contributed by atoms with van der Waals surface area (Å²) in [4.78, 5) is 39.5. The smallest absolute Gasteiger partial charge is 0.331 e. The lowest BCUT2D eigenvalue weighted by molar-refractivity contribution is -0.130. The van der Waals surface area contributed by atoms with Gasteiger partial charge in [0.15, 0.2) is 11.5 Å². The van der Waals surface area contributed by atoms with Gasteiger partial charge in [-0.15, -0.1) is 0 Å². The minimum Gasteiger partial charge on any atom is -0.493 e. The molecule has 0 radical (unpaired) electrons. The predicted octanol–water partition coefficient (Wildman–Crippen LogP) is 5.52. The number of benzene rings is 3. The zero-order valence-electron chi connectivity index (χ0n) is 21.3. The van der Waals surface area contributed by atoms with Crippen molar-refractivity contribution in [2.45, 2.75) is 26.5 Å². The van der Waals surface area contributed by atoms with Crippen LogP contribution in [0.4, 0.5) is 9.18 Å². The number of carbonyl (C=O) groups excluding carboxylic acids is 3. The Morgan fingerprint density at radius 1 is 0.974 bits per heavy atom. The lowest BCUT2D eigenvalue weighted by Gasteiger charge is -2.26. The number of nitrogens with one attached hydrogen (secondary N) is 1. The zero-order chi connectivity index (χ0) is 27.9. The van der Waals surface area contributed by atoms with Gasteiger partial charge in [0.05, 0.1) is 20.3 Å². The van der Waals surface area contributed by atoms with Crippen molar-refractivity contribution in [2.75, 3.05) is 13.7 Å². The van der Waals surface area contributed by atoms with Gasteiger partial charge in [-0.05, 0) is 54.5 Å². The van der Waals surface area contributed by atoms with E-state index in [4.69, 9.17) is 25.8 Å². The highest BCUT2D eigenvalue weighted by Crippen LogP contribution is 2.30. The van der Waals surface area contributed by atoms with Crippen molar-refractivity contribution >= 4 is 35.5 Å². The Balaban J connectivity index is 1.59. The van der Waals surface area contributed by atoms with Crippen LogP contribution in [-0.2, 0) is 22.7 Å². The van der Waals surface area contributed by atoms with Crippen LogP contribution in [0, 0.1) is 5.82 Å². The largest absolute Gasteiger partial charge is 0.493 e. The maximum Gasteiger partial charge on any atom is 0.331 e. The number of barbiturate groups is 1. The highest BCUT2D eigenvalue weighted by molar-refractivity contribution is 6.32. The van der Waals surface area contributed by atoms with Gasteiger partial charge in [-0.3, -0.25) is 19.8 Å². The molecule has 8 nitrogen and oxygen atoms in total. The first-order chi connectivity index (χ1) is 18.8. The summed E-state index contributed by atoms with van der Waals surface area (Å²) in [6.45, 7) is 2.28. The molecular weight excluding hydrogens is 527 g/mol. The predicted molar refractivity (Wildman–Crippen MR) is 143 cm³/mol. The molecular formula is C29H26ClFN2O6. The normalized spacial score (nSPS) is 14.4. The van der Waals surface area contributed by atoms with Crippen LogP contribution in [-0.4, -0.2) is 36.5 Å². The van der Waals surface area contributed by atoms with E-state index >= 15 is 0 Å². The summed E-state index contributed by atoms with van der Waals surface area (Å²) in [5.74, 6) is -0.822. The fourth-order valence-corrected chi connectivity index (χ4v) is 4.03. The molecule has 0 aliphatic carbocycles. The van der Waals surface area contributed by atoms with Gasteiger partial charge in [-0.1, -0.05) is 42.8 Å². The van der Waals surface area contributed by atoms with Crippen molar-refractivity contribution in [2.24, 2.45) is 0 Å². The maximum atomic E-state index is 14.1. The van der Waals surface area contributed by atoms with Gasteiger partial charge in [0.25, 0.3) is 11.8 Å². The number of amides is 4. The van der Waals surface area contributed by atoms with Crippen molar-refractivity contribution < 1.29 is 33.0 Å². The minimum atomic E-state index is -0.859. The molecule has 1 aliphatic heterocycles. The molecule has 0 atom stereocenters. The Bertz CT molecular complexity index is 1440. The summed E-state index contributed by atoms with van der Waals surface area (Å²) < 4.78 is 30.9. The van der Waals surface area contributed by atoms with Gasteiger partial charge in [-0.2, -0.15) is 0 Å². The molecule has 0 saturated carbocycles. The highest BCUT2D eigenvalue weighted by atomic mass is 35.5. The van der Waals surface area contributed by atoms with Gasteiger partial charge >= 0.3 is 6.03 Å². The van der Waals surface area contributed by atoms with Crippen LogP contribution in [0.2, 0.25) is 5.02 Å². The Morgan fingerprint density at radius 3 is 2.49 bits per heavy atom. The Labute approximate surface area is 229 Å². The van der Waals surface area contributed by atoms with Crippen LogP contribution in [0.5, 0.6) is 17.2 Å². The molecule has 1 aliphatic rings. The number of hydrogen-bond acceptors (Lipinski definition) is 6. The topological polar surface area (TPSA) is 94.2 Å². The SMILES string of the molecule is CCCOc1ccc(CN2C(=O)NC(=O)/C(=C\c3cc(Cl)ccc3OCc3ccccc3F)C2=O)cc1OC. The summed E-state index contributed by atoms with van der Waals surface area (Å²) in [5, 5.41) is 2.53. The second-order valence-electron chi connectivity index (χ2n) is 8.60. The minimum absolute atomic E-state index is 0.0883. The van der Waals surface area contributed by atoms with Gasteiger partial charge in [0.2, 0.25) is 0 Å². The van der Waals surface area contributed by atoms with E-state index in [1.165, 1.54) is 25.3 Å². The number of halogens is 2. The van der Waals surface area contributed by atoms with Gasteiger partial charge < -0.3 is 14.2 Å². The van der Waals surface area contributed by atoms with E-state index in [0.717, 1.165) is 11.3 Å². The van der Waals surface area contributed by atoms with Crippen molar-refractivity contribution in [3.8, 4) is 17.2 Å². The third-order valence-electron chi connectivity index (χ3n) is 5.83. The van der Waals surface area contributed by atoms with E-state index in [-0.39, 0.29) is 24.5 Å². The van der Waals surface area contributed by atoms with Crippen LogP contribution in [0.1, 0.15) is 30.0 Å². The van der Waals surface area contributed by atoms with Crippen molar-refractivity contribution in [3.63, 3.8) is 0 Å². The molecule has 39 heavy (non-hydrogen) atoms. The summed E-state index contributed by atoms with van der Waals surface area (Å²) in [6, 6.07) is 15.0. The van der Waals surface area contributed by atoms with Crippen molar-refractivity contribution in [1.82, 2.24) is 10.2 Å². The van der Waals surface area contributed by atoms with Crippen LogP contribution in [0.25, 0.3) is 6.08 Å². The fourth-order valence-electron chi connectivity index (χ4n) is 3.85. The highest BCUT2D eigenvalue weighted by Gasteiger charge is 2.36. The summed E-state index contributed by atoms with van der Waals surface area (Å²) in [5.41, 5.74) is 0.939. The molecule has 10 heteroatoms. The van der Waals surface area contributed by atoms with Gasteiger partial charge in [0, 0.05) is 16.1 Å². The second-order valence-corrected chi connectivity index (χ2v) is 9.04. The molecule has 3 aromatic carbocycles. The van der Waals surface area contributed by atoms with Gasteiger partial charge in [0.1, 0.15) is 23.7 Å². The van der Waals surface area contributed by atoms with Crippen LogP contribution >= 0.6 is 11.6 Å². The lowest BCUT2D eigenvalue weighted by Crippen LogP contribution is -2.53. The molecule has 0 bridgehead atoms. The number of hydrogen-bond donors (Lipinski definition) is 1. The monoisotopic (exact) mass is 552 g/mol. The van der Waals surface area contributed by atoms with Crippen molar-refractivity contribution in [3.05, 3.63) is 93.8 Å². The van der Waals surface area contributed by atoms with E-state index in [9.17, 15) is 18.8 Å². The molecule has 0 spiro atoms. The first kappa shape index (κ1) is 27.7. The zero-order valence-corrected chi connectivity index (χ0v) is 22.1. The molecule has 0 unspecified atom stereocenters. The van der Waals surface area contributed by atoms with E-state index in [2.05, 4.69) is 5.32 Å². The van der Waals surface area contributed by atoms with Gasteiger partial charge in [-0.25, -0.2) is 9.18 Å². The molecule has 1 fully saturated rings. The fraction of sp³-hybridized carbons (Fsp3) is 0.207. The second kappa shape index (κ2) is 12.4. The molecule has 1 heterocycles. The number of urea groups is 1. The Kier molecular flexibility index (Phi) is 8.83. The van der Waals surface area contributed by atoms with Crippen LogP contribution < -0.4 is 19.5 Å². The molecule has 202 valence electrons. The van der Waals surface area contributed by atoms with Crippen LogP contribution in [0.3, 0.4) is 0 Å². The number of methoxy groups -OCH3 is 1. The summed E-state index contributed by atoms with van der Waals surface area (Å²) in [7, 11) is 1.49. The number of rotatable bonds is 10. The molecule has 4 amide bonds. The third kappa shape index (κ3) is 6.56. The lowest BCUT2D eigenvalue weighted by atomic mass is 10.1. The third-order valence-corrected chi connectivity index (χ3v) is 6.06. The van der Waals surface area contributed by atoms with E-state index in [1.54, 1.807) is 48.5 Å². The van der Waals surface area contributed by atoms with E-state index < -0.39 is 23.7 Å². The van der Waals surface area contributed by atoms with E-state index in [1.807, 2.05) is 6.92 Å². The molecule has 3 aromatic rings. The standard InChI is InChI=1S/C29H26ClFN2O6/c1-3-12-38-25-10-8-18(13-26(25)37-2)16-33-28(35)22(27(34)32-29(33)36)15-20-14-21(30)9-11-24(20)39-17-19-6-4-5-7-23(19)31/h4-11,13-15H,3,12,16-17H2,1-2H3,(H,32,34,36)/b22-15+. The quantitative estimate of drug-likeness (QED) is 0.263. The molecule has 0 aromatic heterocycles. The van der Waals surface area contributed by atoms with E-state index in [0.29, 0.717) is 39.8 Å². The van der Waals surface area contributed by atoms with Crippen molar-refractivity contribution in [1.29, 1.82) is 0 Å². The number of nitrogens with zero attached hydrogens (tertiary/aromatic N) is 1. The van der Waals surface area contributed by atoms with Crippen LogP contribution in [0.15, 0.2) is 66.2 Å². The summed E-state index contributed by atoms with van der Waals surface area (Å²) in [6.07, 6.45) is 2.11. The number of ether oxygens (including phenoxy) is 3. The maximum absolute atomic E-state index is 14.1. The Hall–Kier alpha value is -4.37. The summed E-state index contributed by atoms with van der Waals surface area (Å²) >= 11 is 6.16. The molecule has 1 N–H and O–H groups in total. The number of imide groups is 2. The first-order valence-corrected chi connectivity index (χ1v) is 12.5. The molecule has 4 rings (SSSR count). The first-order valence-electron chi connectivity index (χ1n) is 12.1. The molecule has 1 saturated heterocycles. The Morgan fingerprint density at radius 2 is 1.74 bits per heavy atom. The number of carbonyl (C=O) groups is 3. The average molecular weight is 553 g/mol. The average Bonchev–Trinajstić information content (AvgIpc) is 2.92.